The van der Waals surface area contributed by atoms with Crippen molar-refractivity contribution in [2.24, 2.45) is 0 Å². The zero-order chi connectivity index (χ0) is 13.0. The monoisotopic (exact) mass is 260 g/mol. The predicted molar refractivity (Wildman–Crippen MR) is 74.3 cm³/mol. The number of benzene rings is 1. The molecule has 0 aliphatic rings. The first kappa shape index (κ1) is 12.6. The van der Waals surface area contributed by atoms with Crippen molar-refractivity contribution >= 4 is 28.5 Å². The molecule has 0 spiro atoms. The van der Waals surface area contributed by atoms with Gasteiger partial charge >= 0.3 is 5.63 Å². The molecule has 18 heavy (non-hydrogen) atoms. The summed E-state index contributed by atoms with van der Waals surface area (Å²) in [4.78, 5) is 23.6. The van der Waals surface area contributed by atoms with Crippen LogP contribution in [0.15, 0.2) is 52.2 Å². The van der Waals surface area contributed by atoms with Crippen molar-refractivity contribution in [3.05, 3.63) is 59.0 Å². The SMILES string of the molecule is C=CCSCC(=O)c1cc2ccccc2oc1=O. The van der Waals surface area contributed by atoms with Gasteiger partial charge in [-0.25, -0.2) is 4.79 Å². The van der Waals surface area contributed by atoms with E-state index in [1.807, 2.05) is 12.1 Å². The molecule has 0 aliphatic heterocycles. The van der Waals surface area contributed by atoms with Gasteiger partial charge in [-0.1, -0.05) is 24.3 Å². The molecule has 4 heteroatoms. The Labute approximate surface area is 108 Å². The molecule has 2 rings (SSSR count). The minimum Gasteiger partial charge on any atom is -0.422 e. The number of Topliss-reactive ketones (excluding diaryl/α,β-unsaturated/α-hetero) is 1. The molecule has 1 heterocycles. The van der Waals surface area contributed by atoms with E-state index in [4.69, 9.17) is 4.42 Å². The van der Waals surface area contributed by atoms with Crippen molar-refractivity contribution in [1.29, 1.82) is 0 Å². The van der Waals surface area contributed by atoms with Crippen LogP contribution < -0.4 is 5.63 Å². The van der Waals surface area contributed by atoms with Gasteiger partial charge in [-0.05, 0) is 12.1 Å². The van der Waals surface area contributed by atoms with Gasteiger partial charge in [0.15, 0.2) is 5.78 Å². The van der Waals surface area contributed by atoms with E-state index in [1.165, 1.54) is 11.8 Å². The van der Waals surface area contributed by atoms with E-state index < -0.39 is 5.63 Å². The first-order chi connectivity index (χ1) is 8.72. The molecule has 0 amide bonds. The molecule has 1 aromatic carbocycles. The third-order valence-electron chi connectivity index (χ3n) is 2.41. The van der Waals surface area contributed by atoms with Crippen LogP contribution in [0.2, 0.25) is 0 Å². The van der Waals surface area contributed by atoms with Crippen LogP contribution in [0, 0.1) is 0 Å². The van der Waals surface area contributed by atoms with Crippen molar-refractivity contribution in [3.63, 3.8) is 0 Å². The highest BCUT2D eigenvalue weighted by molar-refractivity contribution is 8.00. The first-order valence-corrected chi connectivity index (χ1v) is 6.62. The summed E-state index contributed by atoms with van der Waals surface area (Å²) in [5.74, 6) is 0.737. The van der Waals surface area contributed by atoms with Crippen molar-refractivity contribution in [2.45, 2.75) is 0 Å². The van der Waals surface area contributed by atoms with E-state index in [2.05, 4.69) is 6.58 Å². The summed E-state index contributed by atoms with van der Waals surface area (Å²) in [7, 11) is 0. The molecule has 0 bridgehead atoms. The number of hydrogen-bond donors (Lipinski definition) is 0. The van der Waals surface area contributed by atoms with E-state index in [1.54, 1.807) is 24.3 Å². The fraction of sp³-hybridized carbons (Fsp3) is 0.143. The molecule has 0 atom stereocenters. The fourth-order valence-corrected chi connectivity index (χ4v) is 2.19. The number of thioether (sulfide) groups is 1. The van der Waals surface area contributed by atoms with Crippen LogP contribution in [0.1, 0.15) is 10.4 Å². The van der Waals surface area contributed by atoms with E-state index in [9.17, 15) is 9.59 Å². The van der Waals surface area contributed by atoms with Gasteiger partial charge in [0.1, 0.15) is 11.1 Å². The molecule has 1 aromatic heterocycles. The van der Waals surface area contributed by atoms with Gasteiger partial charge in [0.2, 0.25) is 0 Å². The Morgan fingerprint density at radius 2 is 2.17 bits per heavy atom. The highest BCUT2D eigenvalue weighted by Gasteiger charge is 2.13. The van der Waals surface area contributed by atoms with Crippen LogP contribution in [0.5, 0.6) is 0 Å². The minimum absolute atomic E-state index is 0.116. The summed E-state index contributed by atoms with van der Waals surface area (Å²) in [6.45, 7) is 3.58. The van der Waals surface area contributed by atoms with Gasteiger partial charge in [-0.3, -0.25) is 4.79 Å². The van der Waals surface area contributed by atoms with Crippen molar-refractivity contribution in [1.82, 2.24) is 0 Å². The number of hydrogen-bond acceptors (Lipinski definition) is 4. The lowest BCUT2D eigenvalue weighted by atomic mass is 10.1. The number of fused-ring (bicyclic) bond motifs is 1. The van der Waals surface area contributed by atoms with Crippen molar-refractivity contribution < 1.29 is 9.21 Å². The Morgan fingerprint density at radius 1 is 1.39 bits per heavy atom. The van der Waals surface area contributed by atoms with Gasteiger partial charge < -0.3 is 4.42 Å². The number of carbonyl (C=O) groups is 1. The Bertz CT molecular complexity index is 643. The van der Waals surface area contributed by atoms with Gasteiger partial charge in [0.05, 0.1) is 5.75 Å². The van der Waals surface area contributed by atoms with Gasteiger partial charge in [-0.15, -0.1) is 18.3 Å². The highest BCUT2D eigenvalue weighted by Crippen LogP contribution is 2.14. The second-order valence-electron chi connectivity index (χ2n) is 3.71. The van der Waals surface area contributed by atoms with Crippen molar-refractivity contribution in [2.75, 3.05) is 11.5 Å². The molecule has 0 fully saturated rings. The molecule has 0 saturated heterocycles. The maximum Gasteiger partial charge on any atom is 0.347 e. The average Bonchev–Trinajstić information content (AvgIpc) is 2.38. The van der Waals surface area contributed by atoms with E-state index in [0.29, 0.717) is 11.3 Å². The second kappa shape index (κ2) is 5.69. The molecular formula is C14H12O3S. The summed E-state index contributed by atoms with van der Waals surface area (Å²) < 4.78 is 5.11. The zero-order valence-corrected chi connectivity index (χ0v) is 10.5. The summed E-state index contributed by atoms with van der Waals surface area (Å²) in [5.41, 5.74) is 0.0426. The van der Waals surface area contributed by atoms with E-state index >= 15 is 0 Å². The number of carbonyl (C=O) groups excluding carboxylic acids is 1. The third-order valence-corrected chi connectivity index (χ3v) is 3.35. The third kappa shape index (κ3) is 2.71. The second-order valence-corrected chi connectivity index (χ2v) is 4.74. The Balaban J connectivity index is 2.32. The summed E-state index contributed by atoms with van der Waals surface area (Å²) >= 11 is 1.42. The number of rotatable bonds is 5. The topological polar surface area (TPSA) is 47.3 Å². The molecule has 92 valence electrons. The molecule has 0 saturated carbocycles. The maximum atomic E-state index is 11.9. The Hall–Kier alpha value is -1.81. The molecule has 3 nitrogen and oxygen atoms in total. The number of ketones is 1. The molecule has 0 unspecified atom stereocenters. The van der Waals surface area contributed by atoms with Gasteiger partial charge in [0.25, 0.3) is 0 Å². The largest absolute Gasteiger partial charge is 0.422 e. The Morgan fingerprint density at radius 3 is 2.94 bits per heavy atom. The van der Waals surface area contributed by atoms with Crippen LogP contribution in [-0.4, -0.2) is 17.3 Å². The lowest BCUT2D eigenvalue weighted by Crippen LogP contribution is -2.15. The molecule has 2 aromatic rings. The molecular weight excluding hydrogens is 248 g/mol. The molecule has 0 radical (unpaired) electrons. The lowest BCUT2D eigenvalue weighted by molar-refractivity contribution is 0.101. The summed E-state index contributed by atoms with van der Waals surface area (Å²) in [5, 5.41) is 0.758. The van der Waals surface area contributed by atoms with Crippen LogP contribution in [0.4, 0.5) is 0 Å². The molecule has 0 aliphatic carbocycles. The predicted octanol–water partition coefficient (Wildman–Crippen LogP) is 2.89. The van der Waals surface area contributed by atoms with Crippen LogP contribution >= 0.6 is 11.8 Å². The van der Waals surface area contributed by atoms with Crippen LogP contribution in [0.25, 0.3) is 11.0 Å². The van der Waals surface area contributed by atoms with Crippen molar-refractivity contribution in [3.8, 4) is 0 Å². The number of para-hydroxylation sites is 1. The van der Waals surface area contributed by atoms with Gasteiger partial charge in [-0.2, -0.15) is 0 Å². The fourth-order valence-electron chi connectivity index (χ4n) is 1.57. The van der Waals surface area contributed by atoms with Gasteiger partial charge in [0, 0.05) is 11.1 Å². The smallest absolute Gasteiger partial charge is 0.347 e. The van der Waals surface area contributed by atoms with E-state index in [-0.39, 0.29) is 17.1 Å². The van der Waals surface area contributed by atoms with Crippen LogP contribution in [-0.2, 0) is 0 Å². The standard InChI is InChI=1S/C14H12O3S/c1-2-7-18-9-12(15)11-8-10-5-3-4-6-13(10)17-14(11)16/h2-6,8H,1,7,9H2. The minimum atomic E-state index is -0.571. The summed E-state index contributed by atoms with van der Waals surface area (Å²) in [6, 6.07) is 8.73. The normalized spacial score (nSPS) is 10.4. The highest BCUT2D eigenvalue weighted by atomic mass is 32.2. The average molecular weight is 260 g/mol. The van der Waals surface area contributed by atoms with E-state index in [0.717, 1.165) is 5.39 Å². The summed E-state index contributed by atoms with van der Waals surface area (Å²) in [6.07, 6.45) is 1.72. The first-order valence-electron chi connectivity index (χ1n) is 5.47. The lowest BCUT2D eigenvalue weighted by Gasteiger charge is -2.01. The quantitative estimate of drug-likeness (QED) is 0.359. The van der Waals surface area contributed by atoms with Crippen LogP contribution in [0.3, 0.4) is 0 Å². The zero-order valence-electron chi connectivity index (χ0n) is 9.72. The Kier molecular flexibility index (Phi) is 3.99. The molecule has 0 N–H and O–H groups in total. The maximum absolute atomic E-state index is 11.9.